The van der Waals surface area contributed by atoms with Gasteiger partial charge in [0.25, 0.3) is 0 Å². The molecule has 0 saturated carbocycles. The van der Waals surface area contributed by atoms with Gasteiger partial charge in [-0.25, -0.2) is 9.59 Å². The van der Waals surface area contributed by atoms with E-state index in [1.165, 1.54) is 5.56 Å². The number of rotatable bonds is 10. The predicted molar refractivity (Wildman–Crippen MR) is 118 cm³/mol. The number of hydrogen-bond acceptors (Lipinski definition) is 4. The molecule has 6 nitrogen and oxygen atoms in total. The summed E-state index contributed by atoms with van der Waals surface area (Å²) in [6, 6.07) is 16.1. The number of aryl methyl sites for hydroxylation is 1. The number of H-pyrrole nitrogens is 1. The molecule has 2 aromatic carbocycles. The minimum absolute atomic E-state index is 0.149. The molecule has 0 spiro atoms. The molecule has 3 aromatic rings. The van der Waals surface area contributed by atoms with Gasteiger partial charge < -0.3 is 14.1 Å². The first-order valence-corrected chi connectivity index (χ1v) is 10.6. The molecule has 160 valence electrons. The van der Waals surface area contributed by atoms with Crippen LogP contribution in [0.1, 0.15) is 44.2 Å². The van der Waals surface area contributed by atoms with Crippen LogP contribution in [-0.2, 0) is 17.6 Å². The van der Waals surface area contributed by atoms with Crippen molar-refractivity contribution in [1.29, 1.82) is 0 Å². The van der Waals surface area contributed by atoms with E-state index in [0.29, 0.717) is 30.6 Å². The van der Waals surface area contributed by atoms with Crippen molar-refractivity contribution in [2.45, 2.75) is 52.1 Å². The van der Waals surface area contributed by atoms with E-state index < -0.39 is 5.76 Å². The van der Waals surface area contributed by atoms with Crippen molar-refractivity contribution in [3.63, 3.8) is 0 Å². The maximum Gasteiger partial charge on any atom is 0.417 e. The summed E-state index contributed by atoms with van der Waals surface area (Å²) in [4.78, 5) is 28.3. The molecule has 0 aliphatic carbocycles. The van der Waals surface area contributed by atoms with Gasteiger partial charge in [0.05, 0.1) is 11.6 Å². The predicted octanol–water partition coefficient (Wildman–Crippen LogP) is 4.92. The summed E-state index contributed by atoms with van der Waals surface area (Å²) in [5, 5.41) is 0. The van der Waals surface area contributed by atoms with Crippen LogP contribution >= 0.6 is 0 Å². The summed E-state index contributed by atoms with van der Waals surface area (Å²) >= 11 is 0. The summed E-state index contributed by atoms with van der Waals surface area (Å²) in [6.07, 6.45) is 4.39. The van der Waals surface area contributed by atoms with Crippen molar-refractivity contribution in [3.05, 3.63) is 70.2 Å². The molecule has 0 aliphatic rings. The highest BCUT2D eigenvalue weighted by atomic mass is 16.6. The van der Waals surface area contributed by atoms with E-state index in [1.807, 2.05) is 38.1 Å². The number of benzene rings is 2. The van der Waals surface area contributed by atoms with Gasteiger partial charge in [0.15, 0.2) is 5.58 Å². The van der Waals surface area contributed by atoms with Crippen LogP contribution in [-0.4, -0.2) is 35.2 Å². The molecule has 1 heterocycles. The van der Waals surface area contributed by atoms with Crippen LogP contribution in [0.25, 0.3) is 11.1 Å². The molecule has 1 aromatic heterocycles. The van der Waals surface area contributed by atoms with E-state index in [2.05, 4.69) is 29.2 Å². The van der Waals surface area contributed by atoms with E-state index in [9.17, 15) is 9.59 Å². The number of aromatic nitrogens is 1. The van der Waals surface area contributed by atoms with Crippen molar-refractivity contribution in [2.24, 2.45) is 0 Å². The number of unbranched alkanes of at least 4 members (excludes halogenated alkanes) is 2. The molecule has 0 radical (unpaired) electrons. The van der Waals surface area contributed by atoms with Crippen LogP contribution in [0.3, 0.4) is 0 Å². The highest BCUT2D eigenvalue weighted by Crippen LogP contribution is 2.14. The first kappa shape index (κ1) is 21.7. The zero-order chi connectivity index (χ0) is 21.3. The smallest absolute Gasteiger partial charge is 0.417 e. The number of hydrogen-bond donors (Lipinski definition) is 1. The molecular weight excluding hydrogens is 380 g/mol. The second-order valence-electron chi connectivity index (χ2n) is 7.81. The number of aromatic amines is 1. The number of carbonyl (C=O) groups is 1. The molecule has 0 unspecified atom stereocenters. The minimum atomic E-state index is -0.459. The number of carbonyl (C=O) groups excluding carboxylic acids is 1. The Balaban J connectivity index is 1.51. The normalized spacial score (nSPS) is 11.2. The number of amides is 1. The third kappa shape index (κ3) is 6.51. The Kier molecular flexibility index (Phi) is 7.71. The number of nitrogens with one attached hydrogen (secondary N) is 1. The Labute approximate surface area is 176 Å². The van der Waals surface area contributed by atoms with Crippen molar-refractivity contribution in [3.8, 4) is 0 Å². The van der Waals surface area contributed by atoms with Gasteiger partial charge in [0, 0.05) is 13.1 Å². The summed E-state index contributed by atoms with van der Waals surface area (Å²) in [7, 11) is 0. The lowest BCUT2D eigenvalue weighted by molar-refractivity contribution is 0.0765. The second-order valence-corrected chi connectivity index (χ2v) is 7.81. The Morgan fingerprint density at radius 3 is 2.57 bits per heavy atom. The second kappa shape index (κ2) is 10.7. The van der Waals surface area contributed by atoms with Gasteiger partial charge >= 0.3 is 11.8 Å². The molecule has 3 rings (SSSR count). The Morgan fingerprint density at radius 2 is 1.80 bits per heavy atom. The van der Waals surface area contributed by atoms with Crippen LogP contribution in [0.15, 0.2) is 57.7 Å². The first-order valence-electron chi connectivity index (χ1n) is 10.6. The molecule has 0 atom stereocenters. The highest BCUT2D eigenvalue weighted by molar-refractivity contribution is 5.72. The number of ether oxygens (including phenoxy) is 1. The molecule has 0 fully saturated rings. The third-order valence-corrected chi connectivity index (χ3v) is 4.99. The summed E-state index contributed by atoms with van der Waals surface area (Å²) < 4.78 is 10.6. The number of nitrogens with zero attached hydrogens (tertiary/aromatic N) is 1. The van der Waals surface area contributed by atoms with Crippen molar-refractivity contribution in [1.82, 2.24) is 9.88 Å². The quantitative estimate of drug-likeness (QED) is 0.481. The molecule has 1 amide bonds. The fraction of sp³-hybridized carbons (Fsp3) is 0.417. The number of fused-ring (bicyclic) bond motifs is 1. The van der Waals surface area contributed by atoms with Crippen LogP contribution in [0.5, 0.6) is 0 Å². The summed E-state index contributed by atoms with van der Waals surface area (Å²) in [6.45, 7) is 4.95. The molecular formula is C24H30N2O4. The molecule has 30 heavy (non-hydrogen) atoms. The highest BCUT2D eigenvalue weighted by Gasteiger charge is 2.16. The Morgan fingerprint density at radius 1 is 1.00 bits per heavy atom. The van der Waals surface area contributed by atoms with E-state index >= 15 is 0 Å². The summed E-state index contributed by atoms with van der Waals surface area (Å²) in [5.41, 5.74) is 3.57. The fourth-order valence-electron chi connectivity index (χ4n) is 3.43. The minimum Gasteiger partial charge on any atom is -0.447 e. The van der Waals surface area contributed by atoms with Gasteiger partial charge in [-0.2, -0.15) is 0 Å². The van der Waals surface area contributed by atoms with Gasteiger partial charge in [-0.05, 0) is 62.8 Å². The van der Waals surface area contributed by atoms with Crippen LogP contribution in [0, 0.1) is 0 Å². The lowest BCUT2D eigenvalue weighted by atomic mass is 10.1. The van der Waals surface area contributed by atoms with Crippen molar-refractivity contribution in [2.75, 3.05) is 13.1 Å². The first-order chi connectivity index (χ1) is 14.5. The van der Waals surface area contributed by atoms with E-state index in [4.69, 9.17) is 9.15 Å². The average molecular weight is 411 g/mol. The SMILES string of the molecule is CC(C)OC(=O)N(CCCCCc1ccccc1)CCc1ccc2[nH]c(=O)oc2c1. The van der Waals surface area contributed by atoms with Gasteiger partial charge in [-0.1, -0.05) is 42.8 Å². The molecule has 0 bridgehead atoms. The van der Waals surface area contributed by atoms with E-state index in [1.54, 1.807) is 4.90 Å². The van der Waals surface area contributed by atoms with Crippen molar-refractivity contribution < 1.29 is 13.9 Å². The van der Waals surface area contributed by atoms with E-state index in [-0.39, 0.29) is 12.2 Å². The maximum atomic E-state index is 12.5. The van der Waals surface area contributed by atoms with Gasteiger partial charge in [-0.15, -0.1) is 0 Å². The van der Waals surface area contributed by atoms with Gasteiger partial charge in [0.1, 0.15) is 0 Å². The zero-order valence-corrected chi connectivity index (χ0v) is 17.7. The van der Waals surface area contributed by atoms with Crippen LogP contribution < -0.4 is 5.76 Å². The lowest BCUT2D eigenvalue weighted by Crippen LogP contribution is -2.35. The monoisotopic (exact) mass is 410 g/mol. The fourth-order valence-corrected chi connectivity index (χ4v) is 3.43. The Bertz CT molecular complexity index is 991. The number of oxazole rings is 1. The van der Waals surface area contributed by atoms with Crippen molar-refractivity contribution >= 4 is 17.2 Å². The molecule has 0 saturated heterocycles. The van der Waals surface area contributed by atoms with Gasteiger partial charge in [0.2, 0.25) is 0 Å². The molecule has 6 heteroatoms. The standard InChI is InChI=1S/C24H30N2O4/c1-18(2)29-24(28)26(15-8-4-7-11-19-9-5-3-6-10-19)16-14-20-12-13-21-22(17-20)30-23(27)25-21/h3,5-6,9-10,12-13,17-18H,4,7-8,11,14-16H2,1-2H3,(H,25,27). The lowest BCUT2D eigenvalue weighted by Gasteiger charge is -2.23. The summed E-state index contributed by atoms with van der Waals surface area (Å²) in [5.74, 6) is -0.459. The largest absolute Gasteiger partial charge is 0.447 e. The molecule has 0 aliphatic heterocycles. The molecule has 1 N–H and O–H groups in total. The third-order valence-electron chi connectivity index (χ3n) is 4.99. The van der Waals surface area contributed by atoms with Gasteiger partial charge in [-0.3, -0.25) is 4.98 Å². The average Bonchev–Trinajstić information content (AvgIpc) is 3.09. The Hall–Kier alpha value is -3.02. The van der Waals surface area contributed by atoms with E-state index in [0.717, 1.165) is 31.2 Å². The van der Waals surface area contributed by atoms with Crippen LogP contribution in [0.4, 0.5) is 4.79 Å². The maximum absolute atomic E-state index is 12.5. The van der Waals surface area contributed by atoms with Crippen LogP contribution in [0.2, 0.25) is 0 Å². The topological polar surface area (TPSA) is 75.5 Å². The zero-order valence-electron chi connectivity index (χ0n) is 17.7.